The number of rotatable bonds is 5. The normalized spacial score (nSPS) is 19.6. The Morgan fingerprint density at radius 3 is 2.22 bits per heavy atom. The Bertz CT molecular complexity index is 377. The second-order valence-electron chi connectivity index (χ2n) is 6.02. The summed E-state index contributed by atoms with van der Waals surface area (Å²) in [7, 11) is 6.49. The predicted molar refractivity (Wildman–Crippen MR) is 77.8 cm³/mol. The first-order valence-corrected chi connectivity index (χ1v) is 6.97. The molecule has 1 fully saturated rings. The van der Waals surface area contributed by atoms with Gasteiger partial charge in [-0.15, -0.1) is 0 Å². The van der Waals surface area contributed by atoms with Gasteiger partial charge in [-0.05, 0) is 46.5 Å². The minimum atomic E-state index is 0.424. The third-order valence-corrected chi connectivity index (χ3v) is 4.37. The van der Waals surface area contributed by atoms with E-state index in [9.17, 15) is 0 Å². The molecule has 0 bridgehead atoms. The van der Waals surface area contributed by atoms with Crippen molar-refractivity contribution in [2.24, 2.45) is 5.41 Å². The number of nitrogens with one attached hydrogen (secondary N) is 1. The highest BCUT2D eigenvalue weighted by Crippen LogP contribution is 2.51. The van der Waals surface area contributed by atoms with E-state index in [2.05, 4.69) is 62.5 Å². The maximum absolute atomic E-state index is 3.40. The van der Waals surface area contributed by atoms with Crippen molar-refractivity contribution in [3.05, 3.63) is 35.4 Å². The van der Waals surface area contributed by atoms with E-state index in [-0.39, 0.29) is 0 Å². The van der Waals surface area contributed by atoms with Crippen LogP contribution in [0.5, 0.6) is 0 Å². The molecular weight excluding hydrogens is 220 g/mol. The Kier molecular flexibility index (Phi) is 4.08. The second-order valence-corrected chi connectivity index (χ2v) is 6.02. The fourth-order valence-corrected chi connectivity index (χ4v) is 3.48. The van der Waals surface area contributed by atoms with Crippen LogP contribution in [0.1, 0.15) is 36.4 Å². The lowest BCUT2D eigenvalue weighted by Gasteiger charge is -2.50. The largest absolute Gasteiger partial charge is 0.319 e. The van der Waals surface area contributed by atoms with Gasteiger partial charge in [0.2, 0.25) is 0 Å². The van der Waals surface area contributed by atoms with Crippen molar-refractivity contribution in [3.8, 4) is 0 Å². The van der Waals surface area contributed by atoms with Crippen molar-refractivity contribution in [2.75, 3.05) is 27.7 Å². The van der Waals surface area contributed by atoms with E-state index in [0.717, 1.165) is 6.54 Å². The maximum atomic E-state index is 3.40. The number of hydrogen-bond acceptors (Lipinski definition) is 2. The van der Waals surface area contributed by atoms with Gasteiger partial charge in [0.25, 0.3) is 0 Å². The standard InChI is InChI=1S/C16H26N2/c1-13-6-8-14(9-7-13)15(18(3)4)16(12-17-2)10-5-11-16/h6-9,15,17H,5,10-12H2,1-4H3. The second kappa shape index (κ2) is 5.41. The van der Waals surface area contributed by atoms with Crippen LogP contribution >= 0.6 is 0 Å². The van der Waals surface area contributed by atoms with Crippen LogP contribution < -0.4 is 5.32 Å². The van der Waals surface area contributed by atoms with E-state index in [1.54, 1.807) is 0 Å². The van der Waals surface area contributed by atoms with Crippen molar-refractivity contribution >= 4 is 0 Å². The number of nitrogens with zero attached hydrogens (tertiary/aromatic N) is 1. The predicted octanol–water partition coefficient (Wildman–Crippen LogP) is 2.99. The Morgan fingerprint density at radius 1 is 1.22 bits per heavy atom. The van der Waals surface area contributed by atoms with Gasteiger partial charge in [-0.25, -0.2) is 0 Å². The molecule has 18 heavy (non-hydrogen) atoms. The monoisotopic (exact) mass is 246 g/mol. The van der Waals surface area contributed by atoms with Crippen molar-refractivity contribution in [3.63, 3.8) is 0 Å². The van der Waals surface area contributed by atoms with Crippen LogP contribution in [0.3, 0.4) is 0 Å². The first-order chi connectivity index (χ1) is 8.59. The minimum absolute atomic E-state index is 0.424. The van der Waals surface area contributed by atoms with Gasteiger partial charge < -0.3 is 10.2 Å². The van der Waals surface area contributed by atoms with Crippen LogP contribution in [0.25, 0.3) is 0 Å². The van der Waals surface area contributed by atoms with Crippen LogP contribution in [0.4, 0.5) is 0 Å². The molecule has 1 unspecified atom stereocenters. The lowest BCUT2D eigenvalue weighted by atomic mass is 9.62. The lowest BCUT2D eigenvalue weighted by molar-refractivity contribution is 0.0216. The molecule has 0 amide bonds. The average molecular weight is 246 g/mol. The summed E-state index contributed by atoms with van der Waals surface area (Å²) in [5, 5.41) is 3.40. The molecule has 2 nitrogen and oxygen atoms in total. The molecule has 0 aromatic heterocycles. The molecule has 1 N–H and O–H groups in total. The van der Waals surface area contributed by atoms with Crippen LogP contribution in [0, 0.1) is 12.3 Å². The molecule has 1 aromatic carbocycles. The van der Waals surface area contributed by atoms with E-state index in [1.165, 1.54) is 30.4 Å². The molecule has 0 spiro atoms. The Morgan fingerprint density at radius 2 is 1.83 bits per heavy atom. The zero-order valence-electron chi connectivity index (χ0n) is 12.2. The van der Waals surface area contributed by atoms with Crippen LogP contribution in [0.2, 0.25) is 0 Å². The molecule has 2 rings (SSSR count). The highest BCUT2D eigenvalue weighted by molar-refractivity contribution is 5.27. The van der Waals surface area contributed by atoms with E-state index in [0.29, 0.717) is 11.5 Å². The third kappa shape index (κ3) is 2.45. The van der Waals surface area contributed by atoms with Gasteiger partial charge in [-0.1, -0.05) is 36.2 Å². The summed E-state index contributed by atoms with van der Waals surface area (Å²) in [6.07, 6.45) is 4.05. The van der Waals surface area contributed by atoms with Crippen LogP contribution in [-0.4, -0.2) is 32.6 Å². The molecule has 1 saturated carbocycles. The van der Waals surface area contributed by atoms with E-state index >= 15 is 0 Å². The Hall–Kier alpha value is -0.860. The smallest absolute Gasteiger partial charge is 0.0410 e. The van der Waals surface area contributed by atoms with E-state index in [4.69, 9.17) is 0 Å². The summed E-state index contributed by atoms with van der Waals surface area (Å²) >= 11 is 0. The first-order valence-electron chi connectivity index (χ1n) is 6.97. The molecule has 0 heterocycles. The number of benzene rings is 1. The fraction of sp³-hybridized carbons (Fsp3) is 0.625. The summed E-state index contributed by atoms with van der Waals surface area (Å²) in [5.41, 5.74) is 3.22. The summed E-state index contributed by atoms with van der Waals surface area (Å²) in [5.74, 6) is 0. The van der Waals surface area contributed by atoms with Gasteiger partial charge in [-0.3, -0.25) is 0 Å². The molecule has 0 saturated heterocycles. The van der Waals surface area contributed by atoms with Gasteiger partial charge in [0.1, 0.15) is 0 Å². The van der Waals surface area contributed by atoms with Gasteiger partial charge >= 0.3 is 0 Å². The van der Waals surface area contributed by atoms with Crippen LogP contribution in [-0.2, 0) is 0 Å². The van der Waals surface area contributed by atoms with Gasteiger partial charge in [0.05, 0.1) is 0 Å². The van der Waals surface area contributed by atoms with Gasteiger partial charge in [0, 0.05) is 18.0 Å². The number of aryl methyl sites for hydroxylation is 1. The SMILES string of the molecule is CNCC1(C(c2ccc(C)cc2)N(C)C)CCC1. The van der Waals surface area contributed by atoms with Crippen molar-refractivity contribution < 1.29 is 0 Å². The van der Waals surface area contributed by atoms with E-state index in [1.807, 2.05) is 0 Å². The summed E-state index contributed by atoms with van der Waals surface area (Å²) in [4.78, 5) is 2.39. The average Bonchev–Trinajstić information content (AvgIpc) is 2.28. The molecular formula is C16H26N2. The Labute approximate surface area is 111 Å². The zero-order chi connectivity index (χ0) is 13.2. The highest BCUT2D eigenvalue weighted by Gasteiger charge is 2.45. The number of hydrogen-bond donors (Lipinski definition) is 1. The molecule has 100 valence electrons. The molecule has 0 aliphatic heterocycles. The van der Waals surface area contributed by atoms with Gasteiger partial charge in [-0.2, -0.15) is 0 Å². The Balaban J connectivity index is 2.30. The minimum Gasteiger partial charge on any atom is -0.319 e. The molecule has 1 aliphatic rings. The molecule has 2 heteroatoms. The fourth-order valence-electron chi connectivity index (χ4n) is 3.48. The quantitative estimate of drug-likeness (QED) is 0.859. The molecule has 1 atom stereocenters. The van der Waals surface area contributed by atoms with Gasteiger partial charge in [0.15, 0.2) is 0 Å². The van der Waals surface area contributed by atoms with E-state index < -0.39 is 0 Å². The van der Waals surface area contributed by atoms with Crippen molar-refractivity contribution in [2.45, 2.75) is 32.2 Å². The summed E-state index contributed by atoms with van der Waals surface area (Å²) in [6.45, 7) is 3.27. The maximum Gasteiger partial charge on any atom is 0.0410 e. The van der Waals surface area contributed by atoms with Crippen molar-refractivity contribution in [1.82, 2.24) is 10.2 Å². The summed E-state index contributed by atoms with van der Waals surface area (Å²) in [6, 6.07) is 9.60. The molecule has 0 radical (unpaired) electrons. The first kappa shape index (κ1) is 13.6. The zero-order valence-corrected chi connectivity index (χ0v) is 12.2. The highest BCUT2D eigenvalue weighted by atomic mass is 15.1. The summed E-state index contributed by atoms with van der Waals surface area (Å²) < 4.78 is 0. The lowest BCUT2D eigenvalue weighted by Crippen LogP contribution is -2.48. The van der Waals surface area contributed by atoms with Crippen LogP contribution in [0.15, 0.2) is 24.3 Å². The van der Waals surface area contributed by atoms with Crippen molar-refractivity contribution in [1.29, 1.82) is 0 Å². The third-order valence-electron chi connectivity index (χ3n) is 4.37. The molecule has 1 aromatic rings. The molecule has 1 aliphatic carbocycles. The topological polar surface area (TPSA) is 15.3 Å².